The van der Waals surface area contributed by atoms with Crippen LogP contribution < -0.4 is 9.80 Å². The number of anilines is 2. The molecule has 3 atom stereocenters. The molecular formula is C30H27N3O2. The third kappa shape index (κ3) is 3.61. The van der Waals surface area contributed by atoms with Crippen LogP contribution in [0.25, 0.3) is 16.8 Å². The van der Waals surface area contributed by atoms with Crippen molar-refractivity contribution in [1.29, 1.82) is 5.26 Å². The van der Waals surface area contributed by atoms with E-state index in [0.717, 1.165) is 29.3 Å². The fraction of sp³-hybridized carbons (Fsp3) is 0.300. The highest BCUT2D eigenvalue weighted by atomic mass is 16.2. The molecule has 3 unspecified atom stereocenters. The van der Waals surface area contributed by atoms with Gasteiger partial charge in [-0.15, -0.1) is 0 Å². The van der Waals surface area contributed by atoms with Gasteiger partial charge in [0.05, 0.1) is 17.3 Å². The number of piperidine rings is 1. The molecule has 3 heterocycles. The zero-order valence-corrected chi connectivity index (χ0v) is 19.8. The molecule has 174 valence electrons. The summed E-state index contributed by atoms with van der Waals surface area (Å²) < 4.78 is 0. The highest BCUT2D eigenvalue weighted by molar-refractivity contribution is 6.20. The average Bonchev–Trinajstić information content (AvgIpc) is 3.29. The Balaban J connectivity index is 1.24. The number of imide groups is 1. The summed E-state index contributed by atoms with van der Waals surface area (Å²) in [5.74, 6) is -0.456. The molecule has 3 fully saturated rings. The van der Waals surface area contributed by atoms with Gasteiger partial charge in [-0.2, -0.15) is 5.26 Å². The van der Waals surface area contributed by atoms with Gasteiger partial charge < -0.3 is 4.90 Å². The normalized spacial score (nSPS) is 23.8. The van der Waals surface area contributed by atoms with Crippen LogP contribution in [-0.4, -0.2) is 23.9 Å². The van der Waals surface area contributed by atoms with E-state index in [1.807, 2.05) is 43.3 Å². The molecule has 5 nitrogen and oxygen atoms in total. The van der Waals surface area contributed by atoms with E-state index < -0.39 is 0 Å². The predicted molar refractivity (Wildman–Crippen MR) is 138 cm³/mol. The minimum atomic E-state index is -0.237. The van der Waals surface area contributed by atoms with Crippen LogP contribution in [0.15, 0.2) is 66.2 Å². The maximum atomic E-state index is 12.4. The van der Waals surface area contributed by atoms with Gasteiger partial charge in [0.25, 0.3) is 0 Å². The smallest absolute Gasteiger partial charge is 0.237 e. The van der Waals surface area contributed by atoms with Crippen LogP contribution in [-0.2, 0) is 9.59 Å². The van der Waals surface area contributed by atoms with E-state index in [9.17, 15) is 14.9 Å². The van der Waals surface area contributed by atoms with E-state index >= 15 is 0 Å². The van der Waals surface area contributed by atoms with Crippen molar-refractivity contribution in [2.75, 3.05) is 9.80 Å². The number of nitrogens with zero attached hydrogens (tertiary/aromatic N) is 3. The molecule has 0 aromatic heterocycles. The molecule has 3 aromatic carbocycles. The molecule has 3 saturated heterocycles. The van der Waals surface area contributed by atoms with E-state index in [0.29, 0.717) is 29.8 Å². The summed E-state index contributed by atoms with van der Waals surface area (Å²) in [5, 5.41) is 11.6. The van der Waals surface area contributed by atoms with E-state index in [1.54, 1.807) is 0 Å². The number of carbonyl (C=O) groups excluding carboxylic acids is 2. The molecule has 6 rings (SSSR count). The van der Waals surface area contributed by atoms with Gasteiger partial charge in [0.2, 0.25) is 11.8 Å². The highest BCUT2D eigenvalue weighted by Crippen LogP contribution is 2.43. The van der Waals surface area contributed by atoms with E-state index in [-0.39, 0.29) is 17.7 Å². The van der Waals surface area contributed by atoms with Crippen molar-refractivity contribution in [1.82, 2.24) is 0 Å². The van der Waals surface area contributed by atoms with Gasteiger partial charge >= 0.3 is 0 Å². The van der Waals surface area contributed by atoms with Gasteiger partial charge in [-0.25, -0.2) is 0 Å². The molecule has 0 N–H and O–H groups in total. The molecule has 0 radical (unpaired) electrons. The molecular weight excluding hydrogens is 434 g/mol. The Bertz CT molecular complexity index is 1400. The Hall–Kier alpha value is -3.91. The van der Waals surface area contributed by atoms with Gasteiger partial charge in [0, 0.05) is 35.5 Å². The summed E-state index contributed by atoms with van der Waals surface area (Å²) in [4.78, 5) is 28.5. The van der Waals surface area contributed by atoms with Crippen LogP contribution in [0.5, 0.6) is 0 Å². The highest BCUT2D eigenvalue weighted by Gasteiger charge is 2.39. The van der Waals surface area contributed by atoms with Crippen molar-refractivity contribution in [3.05, 3.63) is 77.4 Å². The maximum Gasteiger partial charge on any atom is 0.237 e. The summed E-state index contributed by atoms with van der Waals surface area (Å²) in [7, 11) is 0. The van der Waals surface area contributed by atoms with E-state index in [1.165, 1.54) is 28.9 Å². The lowest BCUT2D eigenvalue weighted by Gasteiger charge is -2.38. The number of carbonyl (C=O) groups is 2. The van der Waals surface area contributed by atoms with Crippen molar-refractivity contribution in [2.24, 2.45) is 5.92 Å². The molecule has 0 spiro atoms. The molecule has 2 bridgehead atoms. The fourth-order valence-electron chi connectivity index (χ4n) is 6.18. The van der Waals surface area contributed by atoms with Crippen LogP contribution in [0.1, 0.15) is 50.2 Å². The SMILES string of the molecule is CC1CC(=O)N(c2ccc(N3C4CCC3CC(=Cc3ccc(C#N)c5ccccc35)C4)cc2)C1=O. The van der Waals surface area contributed by atoms with Crippen LogP contribution in [0.2, 0.25) is 0 Å². The number of hydrogen-bond acceptors (Lipinski definition) is 4. The van der Waals surface area contributed by atoms with Crippen molar-refractivity contribution in [3.63, 3.8) is 0 Å². The van der Waals surface area contributed by atoms with Crippen LogP contribution in [0.4, 0.5) is 11.4 Å². The van der Waals surface area contributed by atoms with Crippen molar-refractivity contribution in [3.8, 4) is 6.07 Å². The number of rotatable bonds is 3. The lowest BCUT2D eigenvalue weighted by Crippen LogP contribution is -2.40. The Morgan fingerprint density at radius 1 is 0.857 bits per heavy atom. The summed E-state index contributed by atoms with van der Waals surface area (Å²) >= 11 is 0. The molecule has 3 aliphatic heterocycles. The number of nitriles is 1. The number of fused-ring (bicyclic) bond motifs is 3. The second kappa shape index (κ2) is 8.39. The summed E-state index contributed by atoms with van der Waals surface area (Å²) in [6.07, 6.45) is 7.00. The second-order valence-electron chi connectivity index (χ2n) is 10.1. The Morgan fingerprint density at radius 3 is 2.14 bits per heavy atom. The lowest BCUT2D eigenvalue weighted by molar-refractivity contribution is -0.122. The van der Waals surface area contributed by atoms with Gasteiger partial charge in [0.15, 0.2) is 0 Å². The van der Waals surface area contributed by atoms with Gasteiger partial charge in [-0.05, 0) is 67.0 Å². The Labute approximate surface area is 205 Å². The van der Waals surface area contributed by atoms with Crippen molar-refractivity contribution in [2.45, 2.75) is 51.1 Å². The molecule has 3 aromatic rings. The summed E-state index contributed by atoms with van der Waals surface area (Å²) in [5.41, 5.74) is 5.19. The third-order valence-electron chi connectivity index (χ3n) is 7.83. The topological polar surface area (TPSA) is 64.4 Å². The molecule has 3 aliphatic rings. The molecule has 2 amide bonds. The van der Waals surface area contributed by atoms with Crippen molar-refractivity contribution >= 4 is 40.0 Å². The predicted octanol–water partition coefficient (Wildman–Crippen LogP) is 5.83. The third-order valence-corrected chi connectivity index (χ3v) is 7.83. The largest absolute Gasteiger partial charge is 0.365 e. The fourth-order valence-corrected chi connectivity index (χ4v) is 6.18. The number of amides is 2. The van der Waals surface area contributed by atoms with Crippen LogP contribution in [0, 0.1) is 17.2 Å². The molecule has 0 aliphatic carbocycles. The Kier molecular flexibility index (Phi) is 5.18. The van der Waals surface area contributed by atoms with Crippen LogP contribution in [0.3, 0.4) is 0 Å². The first-order chi connectivity index (χ1) is 17.0. The first-order valence-electron chi connectivity index (χ1n) is 12.4. The van der Waals surface area contributed by atoms with Gasteiger partial charge in [-0.1, -0.05) is 48.9 Å². The number of benzene rings is 3. The monoisotopic (exact) mass is 461 g/mol. The first-order valence-corrected chi connectivity index (χ1v) is 12.4. The van der Waals surface area contributed by atoms with Crippen molar-refractivity contribution < 1.29 is 9.59 Å². The molecule has 5 heteroatoms. The van der Waals surface area contributed by atoms with Gasteiger partial charge in [0.1, 0.15) is 0 Å². The molecule has 0 saturated carbocycles. The lowest BCUT2D eigenvalue weighted by atomic mass is 9.92. The number of hydrogen-bond donors (Lipinski definition) is 0. The minimum absolute atomic E-state index is 0.106. The average molecular weight is 462 g/mol. The second-order valence-corrected chi connectivity index (χ2v) is 10.1. The maximum absolute atomic E-state index is 12.4. The first kappa shape index (κ1) is 21.6. The zero-order chi connectivity index (χ0) is 24.1. The Morgan fingerprint density at radius 2 is 1.51 bits per heavy atom. The van der Waals surface area contributed by atoms with Crippen LogP contribution >= 0.6 is 0 Å². The van der Waals surface area contributed by atoms with E-state index in [2.05, 4.69) is 41.3 Å². The summed E-state index contributed by atoms with van der Waals surface area (Å²) in [6, 6.07) is 23.3. The quantitative estimate of drug-likeness (QED) is 0.461. The summed E-state index contributed by atoms with van der Waals surface area (Å²) in [6.45, 7) is 1.81. The molecule has 35 heavy (non-hydrogen) atoms. The van der Waals surface area contributed by atoms with Gasteiger partial charge in [-0.3, -0.25) is 14.5 Å². The zero-order valence-electron chi connectivity index (χ0n) is 19.8. The van der Waals surface area contributed by atoms with E-state index in [4.69, 9.17) is 0 Å². The standard InChI is InChI=1S/C30H27N3O2/c1-19-14-29(34)33(30(19)35)24-10-8-23(9-11-24)32-25-12-13-26(32)17-20(16-25)15-21-6-7-22(18-31)28-5-3-2-4-27(21)28/h2-11,15,19,25-26H,12-14,16-17H2,1H3. The minimum Gasteiger partial charge on any atom is -0.365 e.